The van der Waals surface area contributed by atoms with Gasteiger partial charge >= 0.3 is 0 Å². The predicted octanol–water partition coefficient (Wildman–Crippen LogP) is 5.77. The van der Waals surface area contributed by atoms with Crippen molar-refractivity contribution < 1.29 is 4.74 Å². The molecule has 2 aromatic rings. The highest BCUT2D eigenvalue weighted by Crippen LogP contribution is 2.24. The highest BCUT2D eigenvalue weighted by molar-refractivity contribution is 5.83. The Balaban J connectivity index is 1.63. The Bertz CT molecular complexity index is 855. The van der Waals surface area contributed by atoms with Crippen LogP contribution in [0.3, 0.4) is 0 Å². The summed E-state index contributed by atoms with van der Waals surface area (Å²) in [7, 11) is 0. The number of rotatable bonds is 11. The Morgan fingerprint density at radius 3 is 2.41 bits per heavy atom. The van der Waals surface area contributed by atoms with Crippen LogP contribution in [-0.2, 0) is 6.42 Å². The highest BCUT2D eigenvalue weighted by Gasteiger charge is 2.24. The molecular weight excluding hydrogens is 420 g/mol. The molecule has 186 valence electrons. The fraction of sp³-hybridized carbons (Fsp3) is 0.552. The van der Waals surface area contributed by atoms with Crippen LogP contribution in [0.2, 0.25) is 0 Å². The average molecular weight is 465 g/mol. The van der Waals surface area contributed by atoms with Crippen molar-refractivity contribution in [2.24, 2.45) is 22.1 Å². The fourth-order valence-electron chi connectivity index (χ4n) is 4.19. The fourth-order valence-corrected chi connectivity index (χ4v) is 4.19. The van der Waals surface area contributed by atoms with E-state index in [2.05, 4.69) is 61.3 Å². The Labute approximate surface area is 206 Å². The molecule has 0 atom stereocenters. The summed E-state index contributed by atoms with van der Waals surface area (Å²) in [4.78, 5) is 7.42. The number of aliphatic imine (C=N–C) groups is 1. The van der Waals surface area contributed by atoms with Gasteiger partial charge in [-0.15, -0.1) is 0 Å². The minimum absolute atomic E-state index is 0.0165. The molecule has 0 unspecified atom stereocenters. The molecule has 34 heavy (non-hydrogen) atoms. The van der Waals surface area contributed by atoms with Crippen molar-refractivity contribution in [1.29, 1.82) is 0 Å². The normalized spacial score (nSPS) is 15.4. The second kappa shape index (κ2) is 13.4. The SMILES string of the molecule is CCCCCOc1ccc(/N=C(\NCC(C)(C)CN)N2CCC(Cc3ccccc3)CC2)cc1. The van der Waals surface area contributed by atoms with Gasteiger partial charge in [-0.25, -0.2) is 4.99 Å². The first-order valence-electron chi connectivity index (χ1n) is 13.0. The van der Waals surface area contributed by atoms with Gasteiger partial charge < -0.3 is 20.7 Å². The third-order valence-electron chi connectivity index (χ3n) is 6.65. The third-order valence-corrected chi connectivity index (χ3v) is 6.65. The monoisotopic (exact) mass is 464 g/mol. The quantitative estimate of drug-likeness (QED) is 0.252. The highest BCUT2D eigenvalue weighted by atomic mass is 16.5. The maximum absolute atomic E-state index is 5.98. The molecule has 0 aliphatic carbocycles. The van der Waals surface area contributed by atoms with Crippen LogP contribution in [0.1, 0.15) is 58.4 Å². The van der Waals surface area contributed by atoms with E-state index in [1.54, 1.807) is 0 Å². The van der Waals surface area contributed by atoms with E-state index in [0.717, 1.165) is 62.4 Å². The number of hydrogen-bond donors (Lipinski definition) is 2. The molecule has 0 spiro atoms. The molecule has 0 bridgehead atoms. The van der Waals surface area contributed by atoms with Gasteiger partial charge in [-0.05, 0) is 73.4 Å². The van der Waals surface area contributed by atoms with Crippen LogP contribution in [0.5, 0.6) is 5.75 Å². The van der Waals surface area contributed by atoms with E-state index in [9.17, 15) is 0 Å². The largest absolute Gasteiger partial charge is 0.494 e. The van der Waals surface area contributed by atoms with Crippen LogP contribution in [0.25, 0.3) is 0 Å². The van der Waals surface area contributed by atoms with Gasteiger partial charge in [-0.1, -0.05) is 63.9 Å². The van der Waals surface area contributed by atoms with Crippen molar-refractivity contribution in [3.8, 4) is 5.75 Å². The average Bonchev–Trinajstić information content (AvgIpc) is 2.86. The van der Waals surface area contributed by atoms with Crippen molar-refractivity contribution in [3.63, 3.8) is 0 Å². The van der Waals surface area contributed by atoms with Crippen molar-refractivity contribution in [1.82, 2.24) is 10.2 Å². The molecule has 3 N–H and O–H groups in total. The molecule has 1 fully saturated rings. The molecule has 1 heterocycles. The number of nitrogens with two attached hydrogens (primary N) is 1. The summed E-state index contributed by atoms with van der Waals surface area (Å²) in [6.45, 7) is 10.8. The summed E-state index contributed by atoms with van der Waals surface area (Å²) in [5.41, 5.74) is 8.38. The van der Waals surface area contributed by atoms with Crippen LogP contribution in [0.4, 0.5) is 5.69 Å². The van der Waals surface area contributed by atoms with E-state index < -0.39 is 0 Å². The molecule has 1 saturated heterocycles. The Morgan fingerprint density at radius 2 is 1.76 bits per heavy atom. The molecule has 5 heteroatoms. The van der Waals surface area contributed by atoms with Gasteiger partial charge in [0.25, 0.3) is 0 Å². The second-order valence-electron chi connectivity index (χ2n) is 10.3. The number of ether oxygens (including phenoxy) is 1. The smallest absolute Gasteiger partial charge is 0.199 e. The number of nitrogens with one attached hydrogen (secondary N) is 1. The van der Waals surface area contributed by atoms with Gasteiger partial charge in [0.1, 0.15) is 5.75 Å². The number of likely N-dealkylation sites (tertiary alicyclic amines) is 1. The van der Waals surface area contributed by atoms with Crippen LogP contribution < -0.4 is 15.8 Å². The first kappa shape index (κ1) is 26.1. The lowest BCUT2D eigenvalue weighted by Crippen LogP contribution is -2.49. The summed E-state index contributed by atoms with van der Waals surface area (Å²) in [5, 5.41) is 3.62. The van der Waals surface area contributed by atoms with E-state index in [0.29, 0.717) is 6.54 Å². The van der Waals surface area contributed by atoms with Crippen molar-refractivity contribution in [3.05, 3.63) is 60.2 Å². The van der Waals surface area contributed by atoms with Gasteiger partial charge in [0.2, 0.25) is 0 Å². The molecule has 0 amide bonds. The topological polar surface area (TPSA) is 62.9 Å². The number of hydrogen-bond acceptors (Lipinski definition) is 3. The van der Waals surface area contributed by atoms with E-state index >= 15 is 0 Å². The number of piperidine rings is 1. The lowest BCUT2D eigenvalue weighted by Gasteiger charge is -2.35. The molecule has 0 radical (unpaired) electrons. The van der Waals surface area contributed by atoms with E-state index in [1.807, 2.05) is 24.3 Å². The van der Waals surface area contributed by atoms with E-state index in [-0.39, 0.29) is 5.41 Å². The van der Waals surface area contributed by atoms with Gasteiger partial charge in [-0.3, -0.25) is 0 Å². The molecule has 0 saturated carbocycles. The van der Waals surface area contributed by atoms with E-state index in [1.165, 1.54) is 31.2 Å². The molecule has 3 rings (SSSR count). The Morgan fingerprint density at radius 1 is 1.06 bits per heavy atom. The molecule has 0 aromatic heterocycles. The summed E-state index contributed by atoms with van der Waals surface area (Å²) < 4.78 is 5.86. The molecular formula is C29H44N4O. The summed E-state index contributed by atoms with van der Waals surface area (Å²) in [5.74, 6) is 2.59. The lowest BCUT2D eigenvalue weighted by molar-refractivity contribution is 0.255. The molecule has 1 aliphatic rings. The number of nitrogens with zero attached hydrogens (tertiary/aromatic N) is 2. The van der Waals surface area contributed by atoms with Crippen molar-refractivity contribution in [2.75, 3.05) is 32.8 Å². The van der Waals surface area contributed by atoms with Gasteiger partial charge in [0.05, 0.1) is 12.3 Å². The maximum Gasteiger partial charge on any atom is 0.199 e. The zero-order valence-electron chi connectivity index (χ0n) is 21.4. The lowest BCUT2D eigenvalue weighted by atomic mass is 9.90. The number of guanidine groups is 1. The Kier molecular flexibility index (Phi) is 10.3. The summed E-state index contributed by atoms with van der Waals surface area (Å²) in [6, 6.07) is 19.0. The first-order chi connectivity index (χ1) is 16.5. The van der Waals surface area contributed by atoms with E-state index in [4.69, 9.17) is 15.5 Å². The zero-order valence-corrected chi connectivity index (χ0v) is 21.4. The predicted molar refractivity (Wildman–Crippen MR) is 144 cm³/mol. The van der Waals surface area contributed by atoms with Crippen LogP contribution in [-0.4, -0.2) is 43.6 Å². The molecule has 2 aromatic carbocycles. The summed E-state index contributed by atoms with van der Waals surface area (Å²) >= 11 is 0. The van der Waals surface area contributed by atoms with Gasteiger partial charge in [0, 0.05) is 19.6 Å². The van der Waals surface area contributed by atoms with Crippen LogP contribution in [0.15, 0.2) is 59.6 Å². The maximum atomic E-state index is 5.98. The van der Waals surface area contributed by atoms with Gasteiger partial charge in [0.15, 0.2) is 5.96 Å². The van der Waals surface area contributed by atoms with Gasteiger partial charge in [-0.2, -0.15) is 0 Å². The number of unbranched alkanes of at least 4 members (excludes halogenated alkanes) is 2. The first-order valence-corrected chi connectivity index (χ1v) is 13.0. The van der Waals surface area contributed by atoms with Crippen LogP contribution in [0, 0.1) is 11.3 Å². The van der Waals surface area contributed by atoms with Crippen LogP contribution >= 0.6 is 0 Å². The second-order valence-corrected chi connectivity index (χ2v) is 10.3. The zero-order chi connectivity index (χ0) is 24.2. The number of benzene rings is 2. The molecule has 1 aliphatic heterocycles. The Hall–Kier alpha value is -2.53. The molecule has 5 nitrogen and oxygen atoms in total. The summed E-state index contributed by atoms with van der Waals surface area (Å²) in [6.07, 6.45) is 7.03. The minimum atomic E-state index is 0.0165. The van der Waals surface area contributed by atoms with Crippen molar-refractivity contribution >= 4 is 11.6 Å². The van der Waals surface area contributed by atoms with Crippen molar-refractivity contribution in [2.45, 2.75) is 59.3 Å². The minimum Gasteiger partial charge on any atom is -0.494 e. The standard InChI is InChI=1S/C29H44N4O/c1-4-5-9-20-34-27-14-12-26(13-15-27)32-28(31-23-29(2,3)22-30)33-18-16-25(17-19-33)21-24-10-7-6-8-11-24/h6-8,10-15,25H,4-5,9,16-23,30H2,1-3H3,(H,31,32). The third kappa shape index (κ3) is 8.68.